The van der Waals surface area contributed by atoms with Crippen LogP contribution in [0.3, 0.4) is 0 Å². The molecule has 106 valence electrons. The van der Waals surface area contributed by atoms with Gasteiger partial charge in [0.15, 0.2) is 0 Å². The Balaban J connectivity index is 2.28. The summed E-state index contributed by atoms with van der Waals surface area (Å²) in [4.78, 5) is 15.9. The molecule has 1 fully saturated rings. The van der Waals surface area contributed by atoms with Crippen molar-refractivity contribution < 1.29 is 14.6 Å². The third kappa shape index (κ3) is 5.80. The second-order valence-corrected chi connectivity index (χ2v) is 5.83. The second kappa shape index (κ2) is 6.50. The fourth-order valence-corrected chi connectivity index (χ4v) is 2.03. The highest BCUT2D eigenvalue weighted by Gasteiger charge is 2.24. The van der Waals surface area contributed by atoms with E-state index >= 15 is 0 Å². The van der Waals surface area contributed by atoms with E-state index in [0.29, 0.717) is 6.54 Å². The lowest BCUT2D eigenvalue weighted by molar-refractivity contribution is -0.139. The zero-order valence-corrected chi connectivity index (χ0v) is 12.0. The van der Waals surface area contributed by atoms with Crippen LogP contribution in [0.4, 0.5) is 0 Å². The minimum absolute atomic E-state index is 0.0617. The molecule has 1 heterocycles. The molecule has 0 saturated carbocycles. The Morgan fingerprint density at radius 2 is 1.83 bits per heavy atom. The van der Waals surface area contributed by atoms with Gasteiger partial charge in [-0.15, -0.1) is 0 Å². The number of piperazine rings is 1. The van der Waals surface area contributed by atoms with E-state index in [4.69, 9.17) is 4.74 Å². The van der Waals surface area contributed by atoms with Crippen molar-refractivity contribution in [1.29, 1.82) is 0 Å². The van der Waals surface area contributed by atoms with E-state index in [2.05, 4.69) is 4.90 Å². The maximum absolute atomic E-state index is 11.8. The van der Waals surface area contributed by atoms with Crippen molar-refractivity contribution in [2.24, 2.45) is 0 Å². The molecule has 0 aromatic heterocycles. The molecule has 1 aliphatic rings. The van der Waals surface area contributed by atoms with Gasteiger partial charge < -0.3 is 14.7 Å². The molecule has 0 spiro atoms. The van der Waals surface area contributed by atoms with E-state index in [9.17, 15) is 9.90 Å². The highest BCUT2D eigenvalue weighted by Crippen LogP contribution is 2.09. The first kappa shape index (κ1) is 15.4. The van der Waals surface area contributed by atoms with Crippen molar-refractivity contribution in [2.75, 3.05) is 39.3 Å². The molecular weight excluding hydrogens is 232 g/mol. The molecule has 5 nitrogen and oxygen atoms in total. The van der Waals surface area contributed by atoms with Crippen LogP contribution in [0.1, 0.15) is 27.7 Å². The first-order chi connectivity index (χ1) is 8.28. The van der Waals surface area contributed by atoms with Crippen molar-refractivity contribution >= 4 is 5.91 Å². The summed E-state index contributed by atoms with van der Waals surface area (Å²) < 4.78 is 5.32. The molecule has 1 rings (SSSR count). The molecule has 1 amide bonds. The minimum Gasteiger partial charge on any atom is -0.389 e. The minimum atomic E-state index is -0.674. The van der Waals surface area contributed by atoms with Crippen LogP contribution in [0.5, 0.6) is 0 Å². The summed E-state index contributed by atoms with van der Waals surface area (Å²) in [7, 11) is 0. The first-order valence-electron chi connectivity index (χ1n) is 6.62. The Bertz CT molecular complexity index is 266. The number of ether oxygens (including phenoxy) is 1. The van der Waals surface area contributed by atoms with Crippen LogP contribution in [0, 0.1) is 0 Å². The summed E-state index contributed by atoms with van der Waals surface area (Å²) in [6, 6.07) is 0. The molecule has 0 aromatic carbocycles. The Morgan fingerprint density at radius 3 is 2.28 bits per heavy atom. The normalized spacial score (nSPS) is 18.4. The van der Waals surface area contributed by atoms with E-state index < -0.39 is 5.60 Å². The van der Waals surface area contributed by atoms with Crippen LogP contribution in [-0.4, -0.2) is 71.8 Å². The number of carbonyl (C=O) groups is 1. The molecular formula is C13H26N2O3. The van der Waals surface area contributed by atoms with Crippen LogP contribution in [0.15, 0.2) is 0 Å². The monoisotopic (exact) mass is 258 g/mol. The van der Waals surface area contributed by atoms with Gasteiger partial charge in [0.1, 0.15) is 6.61 Å². The maximum Gasteiger partial charge on any atom is 0.248 e. The lowest BCUT2D eigenvalue weighted by atomic mass is 10.1. The zero-order chi connectivity index (χ0) is 13.8. The zero-order valence-electron chi connectivity index (χ0n) is 12.0. The largest absolute Gasteiger partial charge is 0.389 e. The average Bonchev–Trinajstić information content (AvgIpc) is 2.24. The van der Waals surface area contributed by atoms with Gasteiger partial charge in [0.25, 0.3) is 0 Å². The van der Waals surface area contributed by atoms with Crippen molar-refractivity contribution in [1.82, 2.24) is 9.80 Å². The molecule has 0 radical (unpaired) electrons. The van der Waals surface area contributed by atoms with E-state index in [1.165, 1.54) is 0 Å². The van der Waals surface area contributed by atoms with Gasteiger partial charge in [-0.1, -0.05) is 0 Å². The van der Waals surface area contributed by atoms with E-state index in [1.54, 1.807) is 13.8 Å². The van der Waals surface area contributed by atoms with Crippen LogP contribution >= 0.6 is 0 Å². The van der Waals surface area contributed by atoms with Crippen LogP contribution in [0.25, 0.3) is 0 Å². The van der Waals surface area contributed by atoms with Gasteiger partial charge in [-0.25, -0.2) is 0 Å². The number of nitrogens with zero attached hydrogens (tertiary/aromatic N) is 2. The molecule has 1 aliphatic heterocycles. The molecule has 0 atom stereocenters. The molecule has 0 aromatic rings. The number of hydrogen-bond acceptors (Lipinski definition) is 4. The SMILES string of the molecule is CC(C)OCC(=O)N1CCN(CC(C)(C)O)CC1. The predicted octanol–water partition coefficient (Wildman–Crippen LogP) is 0.327. The summed E-state index contributed by atoms with van der Waals surface area (Å²) in [5.74, 6) is 0.0617. The highest BCUT2D eigenvalue weighted by atomic mass is 16.5. The summed E-state index contributed by atoms with van der Waals surface area (Å²) in [6.07, 6.45) is 0.0884. The summed E-state index contributed by atoms with van der Waals surface area (Å²) in [5.41, 5.74) is -0.674. The highest BCUT2D eigenvalue weighted by molar-refractivity contribution is 5.77. The van der Waals surface area contributed by atoms with Gasteiger partial charge in [0.2, 0.25) is 5.91 Å². The fourth-order valence-electron chi connectivity index (χ4n) is 2.03. The van der Waals surface area contributed by atoms with Gasteiger partial charge in [-0.2, -0.15) is 0 Å². The number of carbonyl (C=O) groups excluding carboxylic acids is 1. The van der Waals surface area contributed by atoms with Gasteiger partial charge in [0, 0.05) is 32.7 Å². The molecule has 1 saturated heterocycles. The molecule has 0 unspecified atom stereocenters. The third-order valence-electron chi connectivity index (χ3n) is 2.88. The van der Waals surface area contributed by atoms with Crippen LogP contribution < -0.4 is 0 Å². The lowest BCUT2D eigenvalue weighted by Crippen LogP contribution is -2.52. The van der Waals surface area contributed by atoms with E-state index in [0.717, 1.165) is 26.2 Å². The molecule has 0 aliphatic carbocycles. The topological polar surface area (TPSA) is 53.0 Å². The van der Waals surface area contributed by atoms with Gasteiger partial charge in [-0.3, -0.25) is 9.69 Å². The molecule has 18 heavy (non-hydrogen) atoms. The first-order valence-corrected chi connectivity index (χ1v) is 6.62. The quantitative estimate of drug-likeness (QED) is 0.772. The van der Waals surface area contributed by atoms with Crippen molar-refractivity contribution in [3.63, 3.8) is 0 Å². The van der Waals surface area contributed by atoms with Crippen molar-refractivity contribution in [3.8, 4) is 0 Å². The smallest absolute Gasteiger partial charge is 0.248 e. The molecule has 5 heteroatoms. The van der Waals surface area contributed by atoms with Gasteiger partial charge in [0.05, 0.1) is 11.7 Å². The van der Waals surface area contributed by atoms with Crippen LogP contribution in [-0.2, 0) is 9.53 Å². The average molecular weight is 258 g/mol. The summed E-state index contributed by atoms with van der Waals surface area (Å²) >= 11 is 0. The van der Waals surface area contributed by atoms with Gasteiger partial charge in [-0.05, 0) is 27.7 Å². The maximum atomic E-state index is 11.8. The van der Waals surface area contributed by atoms with Gasteiger partial charge >= 0.3 is 0 Å². The number of β-amino-alcohol motifs (C(OH)–C–C–N with tert-alkyl or cyclic N) is 1. The van der Waals surface area contributed by atoms with Crippen LogP contribution in [0.2, 0.25) is 0 Å². The fraction of sp³-hybridized carbons (Fsp3) is 0.923. The number of rotatable bonds is 5. The number of hydrogen-bond donors (Lipinski definition) is 1. The Hall–Kier alpha value is -0.650. The van der Waals surface area contributed by atoms with E-state index in [1.807, 2.05) is 18.7 Å². The summed E-state index contributed by atoms with van der Waals surface area (Å²) in [6.45, 7) is 11.4. The number of aliphatic hydroxyl groups is 1. The Labute approximate surface area is 110 Å². The molecule has 1 N–H and O–H groups in total. The van der Waals surface area contributed by atoms with Crippen molar-refractivity contribution in [3.05, 3.63) is 0 Å². The Morgan fingerprint density at radius 1 is 1.28 bits per heavy atom. The number of amides is 1. The summed E-state index contributed by atoms with van der Waals surface area (Å²) in [5, 5.41) is 9.75. The molecule has 0 bridgehead atoms. The second-order valence-electron chi connectivity index (χ2n) is 5.83. The standard InChI is InChI=1S/C13H26N2O3/c1-11(2)18-9-12(16)15-7-5-14(6-8-15)10-13(3,4)17/h11,17H,5-10H2,1-4H3. The predicted molar refractivity (Wildman–Crippen MR) is 70.4 cm³/mol. The third-order valence-corrected chi connectivity index (χ3v) is 2.88. The Kier molecular flexibility index (Phi) is 5.56. The lowest BCUT2D eigenvalue weighted by Gasteiger charge is -2.37. The van der Waals surface area contributed by atoms with Crippen molar-refractivity contribution in [2.45, 2.75) is 39.4 Å². The van der Waals surface area contributed by atoms with E-state index in [-0.39, 0.29) is 18.6 Å².